The summed E-state index contributed by atoms with van der Waals surface area (Å²) in [5.74, 6) is 0. The van der Waals surface area contributed by atoms with Crippen molar-refractivity contribution in [2.24, 2.45) is 0 Å². The highest BCUT2D eigenvalue weighted by Gasteiger charge is 2.21. The fourth-order valence-electron chi connectivity index (χ4n) is 3.46. The van der Waals surface area contributed by atoms with Gasteiger partial charge in [-0.05, 0) is 44.2 Å². The van der Waals surface area contributed by atoms with Crippen LogP contribution in [0.1, 0.15) is 31.2 Å². The van der Waals surface area contributed by atoms with Crippen molar-refractivity contribution in [2.45, 2.75) is 44.7 Å². The molecular formula is C18H25N3O. The fourth-order valence-corrected chi connectivity index (χ4v) is 3.46. The summed E-state index contributed by atoms with van der Waals surface area (Å²) in [6.07, 6.45) is 8.55. The molecule has 0 spiro atoms. The molecule has 0 amide bonds. The molecule has 3 N–H and O–H groups in total. The Labute approximate surface area is 132 Å². The summed E-state index contributed by atoms with van der Waals surface area (Å²) >= 11 is 0. The van der Waals surface area contributed by atoms with Crippen LogP contribution in [0.5, 0.6) is 0 Å². The largest absolute Gasteiger partial charge is 0.395 e. The number of aliphatic hydroxyl groups is 1. The predicted molar refractivity (Wildman–Crippen MR) is 91.2 cm³/mol. The van der Waals surface area contributed by atoms with Crippen molar-refractivity contribution in [2.75, 3.05) is 18.5 Å². The van der Waals surface area contributed by atoms with Crippen molar-refractivity contribution in [1.82, 2.24) is 10.3 Å². The summed E-state index contributed by atoms with van der Waals surface area (Å²) in [5.41, 5.74) is 2.45. The lowest BCUT2D eigenvalue weighted by Gasteiger charge is -2.30. The van der Waals surface area contributed by atoms with E-state index in [-0.39, 0.29) is 6.61 Å². The van der Waals surface area contributed by atoms with Gasteiger partial charge in [0.2, 0.25) is 0 Å². The number of pyridine rings is 1. The van der Waals surface area contributed by atoms with Crippen LogP contribution in [-0.2, 0) is 0 Å². The second-order valence-electron chi connectivity index (χ2n) is 6.23. The highest BCUT2D eigenvalue weighted by molar-refractivity contribution is 5.95. The first-order valence-corrected chi connectivity index (χ1v) is 8.22. The van der Waals surface area contributed by atoms with E-state index in [4.69, 9.17) is 5.11 Å². The summed E-state index contributed by atoms with van der Waals surface area (Å²) in [7, 11) is 0. The number of fused-ring (bicyclic) bond motifs is 1. The van der Waals surface area contributed by atoms with Gasteiger partial charge in [-0.25, -0.2) is 0 Å². The van der Waals surface area contributed by atoms with Crippen LogP contribution in [0.4, 0.5) is 5.69 Å². The van der Waals surface area contributed by atoms with Gasteiger partial charge in [0, 0.05) is 47.5 Å². The van der Waals surface area contributed by atoms with Gasteiger partial charge in [-0.3, -0.25) is 4.98 Å². The second kappa shape index (κ2) is 7.07. The SMILES string of the molecule is Cc1cncc2cccc(N[C@H]3CC[C@@H](NCCO)CC3)c12. The maximum Gasteiger partial charge on any atom is 0.0556 e. The van der Waals surface area contributed by atoms with E-state index >= 15 is 0 Å². The van der Waals surface area contributed by atoms with Crippen LogP contribution in [0.2, 0.25) is 0 Å². The molecule has 1 aliphatic rings. The zero-order chi connectivity index (χ0) is 15.4. The molecule has 1 aromatic heterocycles. The molecule has 4 nitrogen and oxygen atoms in total. The average molecular weight is 299 g/mol. The lowest BCUT2D eigenvalue weighted by molar-refractivity contribution is 0.269. The minimum absolute atomic E-state index is 0.224. The summed E-state index contributed by atoms with van der Waals surface area (Å²) in [6.45, 7) is 3.05. The van der Waals surface area contributed by atoms with Gasteiger partial charge in [-0.15, -0.1) is 0 Å². The van der Waals surface area contributed by atoms with Crippen LogP contribution in [0.15, 0.2) is 30.6 Å². The maximum absolute atomic E-state index is 8.89. The van der Waals surface area contributed by atoms with Gasteiger partial charge in [0.1, 0.15) is 0 Å². The van der Waals surface area contributed by atoms with E-state index in [9.17, 15) is 0 Å². The normalized spacial score (nSPS) is 21.9. The number of hydrogen-bond donors (Lipinski definition) is 3. The quantitative estimate of drug-likeness (QED) is 0.794. The molecule has 0 aliphatic heterocycles. The molecule has 1 heterocycles. The fraction of sp³-hybridized carbons (Fsp3) is 0.500. The van der Waals surface area contributed by atoms with E-state index in [0.717, 1.165) is 0 Å². The molecule has 3 rings (SSSR count). The van der Waals surface area contributed by atoms with Crippen molar-refractivity contribution in [3.05, 3.63) is 36.2 Å². The number of nitrogens with zero attached hydrogens (tertiary/aromatic N) is 1. The van der Waals surface area contributed by atoms with Gasteiger partial charge < -0.3 is 15.7 Å². The molecule has 0 atom stereocenters. The molecule has 0 bridgehead atoms. The average Bonchev–Trinajstić information content (AvgIpc) is 2.54. The Bertz CT molecular complexity index is 616. The van der Waals surface area contributed by atoms with Crippen LogP contribution in [0, 0.1) is 6.92 Å². The number of nitrogens with one attached hydrogen (secondary N) is 2. The third-order valence-corrected chi connectivity index (χ3v) is 4.60. The Morgan fingerprint density at radius 2 is 1.91 bits per heavy atom. The van der Waals surface area contributed by atoms with Gasteiger partial charge in [0.25, 0.3) is 0 Å². The zero-order valence-corrected chi connectivity index (χ0v) is 13.2. The molecule has 1 saturated carbocycles. The van der Waals surface area contributed by atoms with Crippen molar-refractivity contribution < 1.29 is 5.11 Å². The molecular weight excluding hydrogens is 274 g/mol. The van der Waals surface area contributed by atoms with E-state index in [1.54, 1.807) is 0 Å². The lowest BCUT2D eigenvalue weighted by Crippen LogP contribution is -2.38. The Hall–Kier alpha value is -1.65. The summed E-state index contributed by atoms with van der Waals surface area (Å²) < 4.78 is 0. The maximum atomic E-state index is 8.89. The van der Waals surface area contributed by atoms with Gasteiger partial charge in [-0.1, -0.05) is 12.1 Å². The smallest absolute Gasteiger partial charge is 0.0556 e. The third kappa shape index (κ3) is 3.39. The van der Waals surface area contributed by atoms with Crippen LogP contribution >= 0.6 is 0 Å². The number of benzene rings is 1. The Morgan fingerprint density at radius 3 is 2.68 bits per heavy atom. The van der Waals surface area contributed by atoms with Gasteiger partial charge in [-0.2, -0.15) is 0 Å². The molecule has 0 unspecified atom stereocenters. The number of aryl methyl sites for hydroxylation is 1. The standard InChI is InChI=1S/C18H25N3O/c1-13-11-19-12-14-3-2-4-17(18(13)14)21-16-7-5-15(6-8-16)20-9-10-22/h2-4,11-12,15-16,20-22H,5-10H2,1H3/t15-,16+. The molecule has 4 heteroatoms. The molecule has 1 aliphatic carbocycles. The van der Waals surface area contributed by atoms with Crippen molar-refractivity contribution in [3.8, 4) is 0 Å². The van der Waals surface area contributed by atoms with E-state index in [1.807, 2.05) is 12.4 Å². The van der Waals surface area contributed by atoms with Gasteiger partial charge in [0.05, 0.1) is 6.61 Å². The molecule has 1 aromatic carbocycles. The summed E-state index contributed by atoms with van der Waals surface area (Å²) in [4.78, 5) is 4.28. The molecule has 2 aromatic rings. The van der Waals surface area contributed by atoms with E-state index < -0.39 is 0 Å². The Kier molecular flexibility index (Phi) is 4.90. The number of aliphatic hydroxyl groups excluding tert-OH is 1. The molecule has 118 valence electrons. The van der Waals surface area contributed by atoms with Gasteiger partial charge >= 0.3 is 0 Å². The van der Waals surface area contributed by atoms with E-state index in [0.29, 0.717) is 18.6 Å². The van der Waals surface area contributed by atoms with Crippen molar-refractivity contribution in [3.63, 3.8) is 0 Å². The Balaban J connectivity index is 1.67. The number of anilines is 1. The van der Waals surface area contributed by atoms with Crippen LogP contribution in [-0.4, -0.2) is 35.3 Å². The third-order valence-electron chi connectivity index (χ3n) is 4.60. The lowest BCUT2D eigenvalue weighted by atomic mass is 9.90. The predicted octanol–water partition coefficient (Wildman–Crippen LogP) is 2.85. The van der Waals surface area contributed by atoms with Gasteiger partial charge in [0.15, 0.2) is 0 Å². The minimum atomic E-state index is 0.224. The van der Waals surface area contributed by atoms with Crippen molar-refractivity contribution >= 4 is 16.5 Å². The molecule has 0 saturated heterocycles. The first-order chi connectivity index (χ1) is 10.8. The minimum Gasteiger partial charge on any atom is -0.395 e. The molecule has 22 heavy (non-hydrogen) atoms. The van der Waals surface area contributed by atoms with Crippen LogP contribution in [0.3, 0.4) is 0 Å². The zero-order valence-electron chi connectivity index (χ0n) is 13.2. The monoisotopic (exact) mass is 299 g/mol. The number of aromatic nitrogens is 1. The first kappa shape index (κ1) is 15.3. The molecule has 0 radical (unpaired) electrons. The summed E-state index contributed by atoms with van der Waals surface area (Å²) in [5, 5.41) is 18.5. The Morgan fingerprint density at radius 1 is 1.14 bits per heavy atom. The number of rotatable bonds is 5. The second-order valence-corrected chi connectivity index (χ2v) is 6.23. The topological polar surface area (TPSA) is 57.2 Å². The first-order valence-electron chi connectivity index (χ1n) is 8.22. The highest BCUT2D eigenvalue weighted by Crippen LogP contribution is 2.29. The highest BCUT2D eigenvalue weighted by atomic mass is 16.3. The van der Waals surface area contributed by atoms with Crippen LogP contribution < -0.4 is 10.6 Å². The van der Waals surface area contributed by atoms with E-state index in [1.165, 1.54) is 47.7 Å². The summed E-state index contributed by atoms with van der Waals surface area (Å²) in [6, 6.07) is 7.48. The van der Waals surface area contributed by atoms with Crippen LogP contribution in [0.25, 0.3) is 10.8 Å². The van der Waals surface area contributed by atoms with Crippen molar-refractivity contribution in [1.29, 1.82) is 0 Å². The number of hydrogen-bond acceptors (Lipinski definition) is 4. The van der Waals surface area contributed by atoms with E-state index in [2.05, 4.69) is 40.7 Å². The molecule has 1 fully saturated rings.